The second-order valence-corrected chi connectivity index (χ2v) is 10.4. The first-order valence-electron chi connectivity index (χ1n) is 11.8. The van der Waals surface area contributed by atoms with E-state index >= 15 is 0 Å². The average molecular weight is 510 g/mol. The van der Waals surface area contributed by atoms with Crippen LogP contribution < -0.4 is 0 Å². The van der Waals surface area contributed by atoms with Gasteiger partial charge in [0.15, 0.2) is 0 Å². The van der Waals surface area contributed by atoms with Crippen molar-refractivity contribution in [3.05, 3.63) is 75.3 Å². The van der Waals surface area contributed by atoms with Gasteiger partial charge in [-0.15, -0.1) is 11.3 Å². The molecule has 0 saturated heterocycles. The SMILES string of the molecule is CCn1cc(-c2ccccc2C2CN(C(=O)/C=C/CN(C)C)Cc3sc(C#N)cc32)c(C(C)(F)F)n1. The Hall–Kier alpha value is -3.35. The molecule has 3 heterocycles. The van der Waals surface area contributed by atoms with Crippen molar-refractivity contribution in [2.45, 2.75) is 38.8 Å². The number of thiophene rings is 1. The van der Waals surface area contributed by atoms with Gasteiger partial charge in [0.2, 0.25) is 5.91 Å². The highest BCUT2D eigenvalue weighted by Gasteiger charge is 2.36. The zero-order valence-electron chi connectivity index (χ0n) is 20.8. The molecule has 1 unspecified atom stereocenters. The van der Waals surface area contributed by atoms with E-state index < -0.39 is 5.92 Å². The second kappa shape index (κ2) is 10.3. The number of aromatic nitrogens is 2. The Bertz CT molecular complexity index is 1330. The van der Waals surface area contributed by atoms with E-state index in [0.29, 0.717) is 42.2 Å². The van der Waals surface area contributed by atoms with Crippen LogP contribution in [0.4, 0.5) is 8.78 Å². The lowest BCUT2D eigenvalue weighted by molar-refractivity contribution is -0.127. The van der Waals surface area contributed by atoms with E-state index in [1.54, 1.807) is 17.2 Å². The standard InChI is InChI=1S/C27H29F2N5OS/c1-5-34-16-23(26(31-34)27(2,28)29)20-10-7-6-9-19(20)22-15-33(25(35)11-8-12-32(3)4)17-24-21(22)13-18(14-30)36-24/h6-11,13,16,22H,5,12,15,17H2,1-4H3/b11-8+. The summed E-state index contributed by atoms with van der Waals surface area (Å²) in [5, 5.41) is 13.7. The molecule has 0 aliphatic carbocycles. The van der Waals surface area contributed by atoms with Crippen LogP contribution in [0.3, 0.4) is 0 Å². The molecule has 1 aliphatic heterocycles. The number of hydrogen-bond acceptors (Lipinski definition) is 5. The Morgan fingerprint density at radius 1 is 1.31 bits per heavy atom. The van der Waals surface area contributed by atoms with Gasteiger partial charge < -0.3 is 9.80 Å². The number of carbonyl (C=O) groups excluding carboxylic acids is 1. The van der Waals surface area contributed by atoms with Crippen molar-refractivity contribution >= 4 is 17.2 Å². The minimum Gasteiger partial charge on any atom is -0.333 e. The number of aryl methyl sites for hydroxylation is 1. The Balaban J connectivity index is 1.81. The number of benzene rings is 1. The number of nitriles is 1. The first-order chi connectivity index (χ1) is 17.1. The maximum Gasteiger partial charge on any atom is 0.289 e. The zero-order valence-corrected chi connectivity index (χ0v) is 21.6. The third-order valence-corrected chi connectivity index (χ3v) is 7.28. The Morgan fingerprint density at radius 3 is 2.72 bits per heavy atom. The zero-order chi connectivity index (χ0) is 26.0. The van der Waals surface area contributed by atoms with Crippen LogP contribution in [-0.4, -0.2) is 52.7 Å². The summed E-state index contributed by atoms with van der Waals surface area (Å²) in [7, 11) is 3.86. The van der Waals surface area contributed by atoms with E-state index in [1.807, 2.05) is 62.3 Å². The average Bonchev–Trinajstić information content (AvgIpc) is 3.47. The van der Waals surface area contributed by atoms with Crippen LogP contribution in [0.15, 0.2) is 48.7 Å². The number of nitrogens with zero attached hydrogens (tertiary/aromatic N) is 5. The smallest absolute Gasteiger partial charge is 0.289 e. The molecule has 1 atom stereocenters. The fraction of sp³-hybridized carbons (Fsp3) is 0.370. The molecular formula is C27H29F2N5OS. The van der Waals surface area contributed by atoms with E-state index in [0.717, 1.165) is 22.9 Å². The Kier molecular flexibility index (Phi) is 7.38. The van der Waals surface area contributed by atoms with Crippen molar-refractivity contribution in [2.75, 3.05) is 27.2 Å². The minimum atomic E-state index is -3.11. The van der Waals surface area contributed by atoms with Crippen molar-refractivity contribution in [3.63, 3.8) is 0 Å². The van der Waals surface area contributed by atoms with Gasteiger partial charge in [-0.25, -0.2) is 0 Å². The summed E-state index contributed by atoms with van der Waals surface area (Å²) >= 11 is 1.38. The van der Waals surface area contributed by atoms with Gasteiger partial charge in [-0.1, -0.05) is 30.3 Å². The molecule has 1 aromatic carbocycles. The normalized spacial score (nSPS) is 15.9. The van der Waals surface area contributed by atoms with Gasteiger partial charge in [0.1, 0.15) is 16.6 Å². The molecule has 1 aliphatic rings. The molecule has 188 valence electrons. The van der Waals surface area contributed by atoms with Crippen molar-refractivity contribution in [1.82, 2.24) is 19.6 Å². The first-order valence-corrected chi connectivity index (χ1v) is 12.6. The van der Waals surface area contributed by atoms with Gasteiger partial charge in [-0.2, -0.15) is 19.1 Å². The van der Waals surface area contributed by atoms with Crippen molar-refractivity contribution in [1.29, 1.82) is 5.26 Å². The van der Waals surface area contributed by atoms with Crippen LogP contribution in [0.25, 0.3) is 11.1 Å². The van der Waals surface area contributed by atoms with Crippen LogP contribution in [0.2, 0.25) is 0 Å². The number of hydrogen-bond donors (Lipinski definition) is 0. The minimum absolute atomic E-state index is 0.114. The lowest BCUT2D eigenvalue weighted by Crippen LogP contribution is -2.37. The first kappa shape index (κ1) is 25.7. The third kappa shape index (κ3) is 5.25. The highest BCUT2D eigenvalue weighted by atomic mass is 32.1. The van der Waals surface area contributed by atoms with Crippen LogP contribution in [0.5, 0.6) is 0 Å². The number of rotatable bonds is 7. The molecule has 1 amide bonds. The summed E-state index contributed by atoms with van der Waals surface area (Å²) in [6.45, 7) is 4.63. The predicted octanol–water partition coefficient (Wildman–Crippen LogP) is 5.21. The van der Waals surface area contributed by atoms with Crippen LogP contribution >= 0.6 is 11.3 Å². The molecule has 2 aromatic heterocycles. The predicted molar refractivity (Wildman–Crippen MR) is 137 cm³/mol. The highest BCUT2D eigenvalue weighted by Crippen LogP contribution is 2.43. The molecule has 36 heavy (non-hydrogen) atoms. The summed E-state index contributed by atoms with van der Waals surface area (Å²) in [4.78, 5) is 18.3. The van der Waals surface area contributed by atoms with Gasteiger partial charge in [0.25, 0.3) is 5.92 Å². The monoisotopic (exact) mass is 509 g/mol. The number of halogens is 2. The third-order valence-electron chi connectivity index (χ3n) is 6.24. The topological polar surface area (TPSA) is 65.2 Å². The quantitative estimate of drug-likeness (QED) is 0.411. The maximum absolute atomic E-state index is 14.6. The van der Waals surface area contributed by atoms with Crippen molar-refractivity contribution in [2.24, 2.45) is 0 Å². The van der Waals surface area contributed by atoms with Crippen LogP contribution in [0, 0.1) is 11.3 Å². The molecule has 6 nitrogen and oxygen atoms in total. The summed E-state index contributed by atoms with van der Waals surface area (Å²) < 4.78 is 30.7. The van der Waals surface area contributed by atoms with Gasteiger partial charge in [0, 0.05) is 55.2 Å². The van der Waals surface area contributed by atoms with Gasteiger partial charge >= 0.3 is 0 Å². The van der Waals surface area contributed by atoms with Crippen molar-refractivity contribution < 1.29 is 13.6 Å². The molecule has 3 aromatic rings. The van der Waals surface area contributed by atoms with E-state index in [9.17, 15) is 18.8 Å². The molecule has 0 bridgehead atoms. The summed E-state index contributed by atoms with van der Waals surface area (Å²) in [6, 6.07) is 11.5. The van der Waals surface area contributed by atoms with E-state index in [-0.39, 0.29) is 17.5 Å². The number of likely N-dealkylation sites (N-methyl/N-ethyl adjacent to an activating group) is 1. The molecule has 0 saturated carbocycles. The summed E-state index contributed by atoms with van der Waals surface area (Å²) in [6.07, 6.45) is 5.06. The molecular weight excluding hydrogens is 480 g/mol. The maximum atomic E-state index is 14.6. The van der Waals surface area contributed by atoms with E-state index in [1.165, 1.54) is 16.0 Å². The van der Waals surface area contributed by atoms with Gasteiger partial charge in [-0.05, 0) is 43.8 Å². The largest absolute Gasteiger partial charge is 0.333 e. The molecule has 0 spiro atoms. The van der Waals surface area contributed by atoms with Gasteiger partial charge in [-0.3, -0.25) is 9.48 Å². The summed E-state index contributed by atoms with van der Waals surface area (Å²) in [5.74, 6) is -3.50. The molecule has 4 rings (SSSR count). The lowest BCUT2D eigenvalue weighted by atomic mass is 9.83. The second-order valence-electron chi connectivity index (χ2n) is 9.26. The lowest BCUT2D eigenvalue weighted by Gasteiger charge is -2.33. The Morgan fingerprint density at radius 2 is 2.06 bits per heavy atom. The molecule has 9 heteroatoms. The Labute approximate surface area is 214 Å². The van der Waals surface area contributed by atoms with Crippen LogP contribution in [-0.2, 0) is 23.8 Å². The van der Waals surface area contributed by atoms with E-state index in [2.05, 4.69) is 11.2 Å². The molecule has 0 N–H and O–H groups in total. The van der Waals surface area contributed by atoms with Crippen LogP contribution in [0.1, 0.15) is 46.3 Å². The fourth-order valence-corrected chi connectivity index (χ4v) is 5.56. The molecule has 0 radical (unpaired) electrons. The number of carbonyl (C=O) groups is 1. The number of fused-ring (bicyclic) bond motifs is 1. The number of amides is 1. The van der Waals surface area contributed by atoms with Gasteiger partial charge in [0.05, 0.1) is 6.54 Å². The van der Waals surface area contributed by atoms with Crippen molar-refractivity contribution in [3.8, 4) is 17.2 Å². The fourth-order valence-electron chi connectivity index (χ4n) is 4.53. The van der Waals surface area contributed by atoms with E-state index in [4.69, 9.17) is 0 Å². The molecule has 0 fully saturated rings. The number of alkyl halides is 2. The summed E-state index contributed by atoms with van der Waals surface area (Å²) in [5.41, 5.74) is 2.57. The highest BCUT2D eigenvalue weighted by molar-refractivity contribution is 7.12.